The number of hydrogen-bond donors (Lipinski definition) is 0. The smallest absolute Gasteiger partial charge is 0.244 e. The van der Waals surface area contributed by atoms with Gasteiger partial charge in [-0.2, -0.15) is 10.1 Å². The first-order valence-corrected chi connectivity index (χ1v) is 8.72. The number of para-hydroxylation sites is 1. The van der Waals surface area contributed by atoms with Crippen LogP contribution >= 0.6 is 0 Å². The fraction of sp³-hybridized carbons (Fsp3) is 0.444. The van der Waals surface area contributed by atoms with E-state index >= 15 is 0 Å². The molecule has 0 aliphatic carbocycles. The van der Waals surface area contributed by atoms with Crippen LogP contribution in [-0.4, -0.2) is 37.3 Å². The normalized spacial score (nSPS) is 18.4. The number of nitrogens with zero attached hydrogens (tertiary/aromatic N) is 5. The standard InChI is InChI=1S/C18H21N5O2/c1-13-20-18(21-25-13)16-9-3-2-6-10-22(16)17(24)12-23-15-8-5-4-7-14(15)11-19-23/h4-5,7-8,11,16H,2-3,6,9-10,12H2,1H3. The molecule has 1 aliphatic heterocycles. The molecule has 0 radical (unpaired) electrons. The van der Waals surface area contributed by atoms with E-state index in [9.17, 15) is 4.79 Å². The van der Waals surface area contributed by atoms with Crippen LogP contribution in [0.2, 0.25) is 0 Å². The Morgan fingerprint density at radius 3 is 3.00 bits per heavy atom. The topological polar surface area (TPSA) is 77.1 Å². The van der Waals surface area contributed by atoms with Crippen LogP contribution in [0.5, 0.6) is 0 Å². The summed E-state index contributed by atoms with van der Waals surface area (Å²) in [6.07, 6.45) is 5.84. The Kier molecular flexibility index (Phi) is 4.21. The van der Waals surface area contributed by atoms with E-state index in [1.165, 1.54) is 0 Å². The first-order chi connectivity index (χ1) is 12.2. The van der Waals surface area contributed by atoms with Crippen LogP contribution in [0.1, 0.15) is 43.4 Å². The Labute approximate surface area is 145 Å². The van der Waals surface area contributed by atoms with E-state index in [1.807, 2.05) is 29.2 Å². The zero-order valence-electron chi connectivity index (χ0n) is 14.3. The number of aromatic nitrogens is 4. The van der Waals surface area contributed by atoms with Crippen LogP contribution in [0.4, 0.5) is 0 Å². The molecular formula is C18H21N5O2. The molecule has 1 atom stereocenters. The van der Waals surface area contributed by atoms with Crippen LogP contribution < -0.4 is 0 Å². The maximum Gasteiger partial charge on any atom is 0.244 e. The molecule has 1 fully saturated rings. The van der Waals surface area contributed by atoms with Gasteiger partial charge in [-0.05, 0) is 18.9 Å². The summed E-state index contributed by atoms with van der Waals surface area (Å²) in [5.74, 6) is 1.19. The lowest BCUT2D eigenvalue weighted by Gasteiger charge is -2.27. The van der Waals surface area contributed by atoms with Crippen molar-refractivity contribution in [1.29, 1.82) is 0 Å². The molecule has 0 spiro atoms. The van der Waals surface area contributed by atoms with Gasteiger partial charge in [0.1, 0.15) is 6.54 Å². The van der Waals surface area contributed by atoms with Gasteiger partial charge >= 0.3 is 0 Å². The largest absolute Gasteiger partial charge is 0.340 e. The van der Waals surface area contributed by atoms with Crippen LogP contribution in [-0.2, 0) is 11.3 Å². The first kappa shape index (κ1) is 15.8. The lowest BCUT2D eigenvalue weighted by molar-refractivity contribution is -0.134. The summed E-state index contributed by atoms with van der Waals surface area (Å²) < 4.78 is 6.90. The molecule has 25 heavy (non-hydrogen) atoms. The van der Waals surface area contributed by atoms with E-state index in [0.29, 0.717) is 11.7 Å². The molecular weight excluding hydrogens is 318 g/mol. The molecule has 0 N–H and O–H groups in total. The highest BCUT2D eigenvalue weighted by Crippen LogP contribution is 2.29. The second-order valence-electron chi connectivity index (χ2n) is 6.48. The Bertz CT molecular complexity index is 884. The van der Waals surface area contributed by atoms with Gasteiger partial charge < -0.3 is 9.42 Å². The Hall–Kier alpha value is -2.70. The van der Waals surface area contributed by atoms with Crippen molar-refractivity contribution >= 4 is 16.8 Å². The highest BCUT2D eigenvalue weighted by Gasteiger charge is 2.30. The number of aryl methyl sites for hydroxylation is 1. The average molecular weight is 339 g/mol. The van der Waals surface area contributed by atoms with Crippen LogP contribution in [0.25, 0.3) is 10.9 Å². The van der Waals surface area contributed by atoms with Gasteiger partial charge in [-0.3, -0.25) is 9.48 Å². The number of amides is 1. The predicted molar refractivity (Wildman–Crippen MR) is 91.7 cm³/mol. The molecule has 0 bridgehead atoms. The third-order valence-electron chi connectivity index (χ3n) is 4.75. The minimum absolute atomic E-state index is 0.0446. The minimum Gasteiger partial charge on any atom is -0.340 e. The summed E-state index contributed by atoms with van der Waals surface area (Å²) in [7, 11) is 0. The van der Waals surface area contributed by atoms with Gasteiger partial charge in [-0.1, -0.05) is 36.2 Å². The van der Waals surface area contributed by atoms with Crippen molar-refractivity contribution in [1.82, 2.24) is 24.8 Å². The third kappa shape index (κ3) is 3.14. The zero-order valence-corrected chi connectivity index (χ0v) is 14.3. The van der Waals surface area contributed by atoms with Crippen LogP contribution in [0.15, 0.2) is 35.0 Å². The van der Waals surface area contributed by atoms with Crippen molar-refractivity contribution in [3.63, 3.8) is 0 Å². The molecule has 3 aromatic rings. The van der Waals surface area contributed by atoms with Crippen molar-refractivity contribution in [2.45, 2.75) is 45.2 Å². The number of carbonyl (C=O) groups is 1. The van der Waals surface area contributed by atoms with Gasteiger partial charge in [0.25, 0.3) is 0 Å². The van der Waals surface area contributed by atoms with E-state index in [1.54, 1.807) is 17.8 Å². The Morgan fingerprint density at radius 1 is 1.28 bits per heavy atom. The van der Waals surface area contributed by atoms with E-state index in [-0.39, 0.29) is 18.5 Å². The van der Waals surface area contributed by atoms with E-state index in [2.05, 4.69) is 15.2 Å². The van der Waals surface area contributed by atoms with Gasteiger partial charge in [0.2, 0.25) is 11.8 Å². The SMILES string of the molecule is Cc1nc(C2CCCCCN2C(=O)Cn2ncc3ccccc32)no1. The van der Waals surface area contributed by atoms with Gasteiger partial charge in [0, 0.05) is 18.9 Å². The van der Waals surface area contributed by atoms with E-state index in [4.69, 9.17) is 4.52 Å². The maximum atomic E-state index is 13.0. The summed E-state index contributed by atoms with van der Waals surface area (Å²) in [5.41, 5.74) is 0.970. The Morgan fingerprint density at radius 2 is 2.16 bits per heavy atom. The van der Waals surface area contributed by atoms with E-state index in [0.717, 1.165) is 43.1 Å². The van der Waals surface area contributed by atoms with Crippen LogP contribution in [0.3, 0.4) is 0 Å². The molecule has 1 aliphatic rings. The van der Waals surface area contributed by atoms with Gasteiger partial charge in [-0.15, -0.1) is 0 Å². The maximum absolute atomic E-state index is 13.0. The molecule has 1 unspecified atom stereocenters. The lowest BCUT2D eigenvalue weighted by atomic mass is 10.1. The molecule has 0 saturated carbocycles. The van der Waals surface area contributed by atoms with Gasteiger partial charge in [0.15, 0.2) is 5.82 Å². The van der Waals surface area contributed by atoms with E-state index < -0.39 is 0 Å². The summed E-state index contributed by atoms with van der Waals surface area (Å²) >= 11 is 0. The fourth-order valence-electron chi connectivity index (χ4n) is 3.50. The Balaban J connectivity index is 1.59. The monoisotopic (exact) mass is 339 g/mol. The fourth-order valence-corrected chi connectivity index (χ4v) is 3.50. The minimum atomic E-state index is -0.116. The molecule has 4 rings (SSSR count). The second kappa shape index (κ2) is 6.66. The predicted octanol–water partition coefficient (Wildman–Crippen LogP) is 2.87. The molecule has 3 heterocycles. The molecule has 1 saturated heterocycles. The second-order valence-corrected chi connectivity index (χ2v) is 6.48. The van der Waals surface area contributed by atoms with Crippen LogP contribution in [0, 0.1) is 6.92 Å². The number of rotatable bonds is 3. The molecule has 1 amide bonds. The summed E-state index contributed by atoms with van der Waals surface area (Å²) in [5, 5.41) is 9.47. The molecule has 7 heteroatoms. The lowest BCUT2D eigenvalue weighted by Crippen LogP contribution is -2.37. The summed E-state index contributed by atoms with van der Waals surface area (Å²) in [6, 6.07) is 7.80. The number of fused-ring (bicyclic) bond motifs is 1. The number of benzene rings is 1. The molecule has 1 aromatic carbocycles. The molecule has 130 valence electrons. The van der Waals surface area contributed by atoms with Gasteiger partial charge in [-0.25, -0.2) is 0 Å². The number of hydrogen-bond acceptors (Lipinski definition) is 5. The number of likely N-dealkylation sites (tertiary alicyclic amines) is 1. The highest BCUT2D eigenvalue weighted by molar-refractivity contribution is 5.82. The molecule has 7 nitrogen and oxygen atoms in total. The van der Waals surface area contributed by atoms with Crippen molar-refractivity contribution in [2.75, 3.05) is 6.54 Å². The van der Waals surface area contributed by atoms with Gasteiger partial charge in [0.05, 0.1) is 17.8 Å². The average Bonchev–Trinajstić information content (AvgIpc) is 3.14. The first-order valence-electron chi connectivity index (χ1n) is 8.72. The van der Waals surface area contributed by atoms with Crippen molar-refractivity contribution in [3.8, 4) is 0 Å². The quantitative estimate of drug-likeness (QED) is 0.733. The van der Waals surface area contributed by atoms with Crippen molar-refractivity contribution in [2.24, 2.45) is 0 Å². The number of carbonyl (C=O) groups excluding carboxylic acids is 1. The summed E-state index contributed by atoms with van der Waals surface area (Å²) in [4.78, 5) is 19.3. The van der Waals surface area contributed by atoms with Crippen molar-refractivity contribution < 1.29 is 9.32 Å². The van der Waals surface area contributed by atoms with Crippen molar-refractivity contribution in [3.05, 3.63) is 42.2 Å². The highest BCUT2D eigenvalue weighted by atomic mass is 16.5. The third-order valence-corrected chi connectivity index (χ3v) is 4.75. The zero-order chi connectivity index (χ0) is 17.2. The molecule has 2 aromatic heterocycles. The summed E-state index contributed by atoms with van der Waals surface area (Å²) in [6.45, 7) is 2.71.